The van der Waals surface area contributed by atoms with Gasteiger partial charge in [0.15, 0.2) is 0 Å². The SMILES string of the molecule is CCCC(O)(C=C1CCCCC1)CCC. The Morgan fingerprint density at radius 3 is 2.07 bits per heavy atom. The van der Waals surface area contributed by atoms with Gasteiger partial charge < -0.3 is 5.11 Å². The highest BCUT2D eigenvalue weighted by atomic mass is 16.3. The normalized spacial score (nSPS) is 17.9. The maximum Gasteiger partial charge on any atom is 0.0830 e. The van der Waals surface area contributed by atoms with Crippen LogP contribution in [0.3, 0.4) is 0 Å². The number of hydrogen-bond acceptors (Lipinski definition) is 1. The van der Waals surface area contributed by atoms with Crippen LogP contribution in [0.5, 0.6) is 0 Å². The number of aliphatic hydroxyl groups is 1. The summed E-state index contributed by atoms with van der Waals surface area (Å²) >= 11 is 0. The lowest BCUT2D eigenvalue weighted by atomic mass is 9.86. The Labute approximate surface area is 94.6 Å². The Balaban J connectivity index is 2.61. The quantitative estimate of drug-likeness (QED) is 0.674. The van der Waals surface area contributed by atoms with Crippen LogP contribution in [0.25, 0.3) is 0 Å². The van der Waals surface area contributed by atoms with Crippen molar-refractivity contribution in [1.29, 1.82) is 0 Å². The zero-order valence-electron chi connectivity index (χ0n) is 10.4. The van der Waals surface area contributed by atoms with Crippen molar-refractivity contribution in [2.24, 2.45) is 0 Å². The van der Waals surface area contributed by atoms with Gasteiger partial charge in [0.25, 0.3) is 0 Å². The van der Waals surface area contributed by atoms with E-state index in [0.717, 1.165) is 25.7 Å². The molecule has 0 atom stereocenters. The molecule has 0 amide bonds. The van der Waals surface area contributed by atoms with Crippen LogP contribution in [0.1, 0.15) is 71.6 Å². The third-order valence-electron chi connectivity index (χ3n) is 3.33. The number of rotatable bonds is 5. The van der Waals surface area contributed by atoms with Crippen LogP contribution in [0.2, 0.25) is 0 Å². The fourth-order valence-corrected chi connectivity index (χ4v) is 2.67. The van der Waals surface area contributed by atoms with Crippen LogP contribution >= 0.6 is 0 Å². The Morgan fingerprint density at radius 1 is 1.07 bits per heavy atom. The average Bonchev–Trinajstić information content (AvgIpc) is 2.19. The average molecular weight is 210 g/mol. The van der Waals surface area contributed by atoms with E-state index in [-0.39, 0.29) is 0 Å². The van der Waals surface area contributed by atoms with E-state index in [1.165, 1.54) is 37.7 Å². The van der Waals surface area contributed by atoms with E-state index < -0.39 is 5.60 Å². The topological polar surface area (TPSA) is 20.2 Å². The molecule has 0 spiro atoms. The maximum atomic E-state index is 10.5. The lowest BCUT2D eigenvalue weighted by Gasteiger charge is -2.26. The molecule has 1 heteroatoms. The molecule has 88 valence electrons. The molecule has 0 aromatic heterocycles. The molecule has 0 heterocycles. The van der Waals surface area contributed by atoms with Crippen LogP contribution in [-0.2, 0) is 0 Å². The molecule has 1 aliphatic rings. The highest BCUT2D eigenvalue weighted by Crippen LogP contribution is 2.29. The fourth-order valence-electron chi connectivity index (χ4n) is 2.67. The summed E-state index contributed by atoms with van der Waals surface area (Å²) in [6, 6.07) is 0. The smallest absolute Gasteiger partial charge is 0.0830 e. The molecular formula is C14H26O. The van der Waals surface area contributed by atoms with Crippen LogP contribution in [0.4, 0.5) is 0 Å². The van der Waals surface area contributed by atoms with Crippen molar-refractivity contribution in [3.8, 4) is 0 Å². The molecule has 1 aliphatic carbocycles. The van der Waals surface area contributed by atoms with Crippen LogP contribution in [0, 0.1) is 0 Å². The molecule has 1 nitrogen and oxygen atoms in total. The number of allylic oxidation sites excluding steroid dienone is 1. The largest absolute Gasteiger partial charge is 0.386 e. The minimum atomic E-state index is -0.504. The van der Waals surface area contributed by atoms with Crippen molar-refractivity contribution in [3.05, 3.63) is 11.6 Å². The van der Waals surface area contributed by atoms with Gasteiger partial charge in [-0.15, -0.1) is 0 Å². The molecule has 0 bridgehead atoms. The summed E-state index contributed by atoms with van der Waals surface area (Å²) in [4.78, 5) is 0. The van der Waals surface area contributed by atoms with Crippen molar-refractivity contribution in [2.75, 3.05) is 0 Å². The zero-order valence-corrected chi connectivity index (χ0v) is 10.4. The minimum Gasteiger partial charge on any atom is -0.386 e. The second-order valence-corrected chi connectivity index (χ2v) is 4.97. The van der Waals surface area contributed by atoms with E-state index in [1.54, 1.807) is 0 Å². The third-order valence-corrected chi connectivity index (χ3v) is 3.33. The van der Waals surface area contributed by atoms with Crippen molar-refractivity contribution in [1.82, 2.24) is 0 Å². The van der Waals surface area contributed by atoms with Gasteiger partial charge in [0, 0.05) is 0 Å². The fraction of sp³-hybridized carbons (Fsp3) is 0.857. The molecule has 1 N–H and O–H groups in total. The first kappa shape index (κ1) is 12.8. The van der Waals surface area contributed by atoms with Gasteiger partial charge in [-0.05, 0) is 38.5 Å². The minimum absolute atomic E-state index is 0.504. The van der Waals surface area contributed by atoms with Gasteiger partial charge in [-0.2, -0.15) is 0 Å². The predicted octanol–water partition coefficient (Wildman–Crippen LogP) is 4.21. The molecule has 0 unspecified atom stereocenters. The van der Waals surface area contributed by atoms with Gasteiger partial charge in [0.05, 0.1) is 5.60 Å². The Morgan fingerprint density at radius 2 is 1.60 bits per heavy atom. The van der Waals surface area contributed by atoms with Gasteiger partial charge in [0.1, 0.15) is 0 Å². The highest BCUT2D eigenvalue weighted by Gasteiger charge is 2.22. The van der Waals surface area contributed by atoms with Gasteiger partial charge in [-0.25, -0.2) is 0 Å². The predicted molar refractivity (Wildman–Crippen MR) is 65.9 cm³/mol. The maximum absolute atomic E-state index is 10.5. The van der Waals surface area contributed by atoms with Gasteiger partial charge >= 0.3 is 0 Å². The summed E-state index contributed by atoms with van der Waals surface area (Å²) in [6.45, 7) is 4.31. The Kier molecular flexibility index (Phi) is 5.38. The van der Waals surface area contributed by atoms with E-state index in [4.69, 9.17) is 0 Å². The van der Waals surface area contributed by atoms with Crippen LogP contribution < -0.4 is 0 Å². The van der Waals surface area contributed by atoms with Gasteiger partial charge in [0.2, 0.25) is 0 Å². The van der Waals surface area contributed by atoms with E-state index in [9.17, 15) is 5.11 Å². The summed E-state index contributed by atoms with van der Waals surface area (Å²) in [6.07, 6.45) is 12.6. The standard InChI is InChI=1S/C14H26O/c1-3-10-14(15,11-4-2)12-13-8-6-5-7-9-13/h12,15H,3-11H2,1-2H3. The van der Waals surface area contributed by atoms with E-state index in [1.807, 2.05) is 0 Å². The zero-order chi connectivity index (χ0) is 11.1. The van der Waals surface area contributed by atoms with Crippen LogP contribution in [-0.4, -0.2) is 10.7 Å². The number of hydrogen-bond donors (Lipinski definition) is 1. The first-order chi connectivity index (χ1) is 7.20. The summed E-state index contributed by atoms with van der Waals surface area (Å²) in [5, 5.41) is 10.5. The molecule has 0 aromatic rings. The van der Waals surface area contributed by atoms with Gasteiger partial charge in [-0.3, -0.25) is 0 Å². The van der Waals surface area contributed by atoms with Crippen LogP contribution in [0.15, 0.2) is 11.6 Å². The second kappa shape index (κ2) is 6.32. The van der Waals surface area contributed by atoms with Crippen molar-refractivity contribution < 1.29 is 5.11 Å². The summed E-state index contributed by atoms with van der Waals surface area (Å²) in [5.41, 5.74) is 1.00. The molecule has 0 aromatic carbocycles. The molecular weight excluding hydrogens is 184 g/mol. The molecule has 15 heavy (non-hydrogen) atoms. The molecule has 1 fully saturated rings. The Bertz CT molecular complexity index is 191. The molecule has 0 radical (unpaired) electrons. The van der Waals surface area contributed by atoms with E-state index >= 15 is 0 Å². The Hall–Kier alpha value is -0.300. The lowest BCUT2D eigenvalue weighted by Crippen LogP contribution is -2.26. The third kappa shape index (κ3) is 4.38. The van der Waals surface area contributed by atoms with Crippen molar-refractivity contribution in [3.63, 3.8) is 0 Å². The first-order valence-corrected chi connectivity index (χ1v) is 6.63. The van der Waals surface area contributed by atoms with E-state index in [0.29, 0.717) is 0 Å². The lowest BCUT2D eigenvalue weighted by molar-refractivity contribution is 0.0692. The summed E-state index contributed by atoms with van der Waals surface area (Å²) in [5.74, 6) is 0. The second-order valence-electron chi connectivity index (χ2n) is 4.97. The van der Waals surface area contributed by atoms with Gasteiger partial charge in [-0.1, -0.05) is 44.8 Å². The van der Waals surface area contributed by atoms with Crippen molar-refractivity contribution >= 4 is 0 Å². The molecule has 0 saturated heterocycles. The highest BCUT2D eigenvalue weighted by molar-refractivity contribution is 5.12. The van der Waals surface area contributed by atoms with Crippen molar-refractivity contribution in [2.45, 2.75) is 77.2 Å². The summed E-state index contributed by atoms with van der Waals surface area (Å²) in [7, 11) is 0. The molecule has 0 aliphatic heterocycles. The molecule has 1 rings (SSSR count). The molecule has 1 saturated carbocycles. The summed E-state index contributed by atoms with van der Waals surface area (Å²) < 4.78 is 0. The first-order valence-electron chi connectivity index (χ1n) is 6.63. The van der Waals surface area contributed by atoms with E-state index in [2.05, 4.69) is 19.9 Å². The monoisotopic (exact) mass is 210 g/mol.